The van der Waals surface area contributed by atoms with E-state index in [1.165, 1.54) is 4.90 Å². The number of nitrogens with one attached hydrogen (secondary N) is 1. The molecule has 1 atom stereocenters. The number of ether oxygens (including phenoxy) is 1. The standard InChI is InChI=1S/C15H21N3O4/c1-11(19)9-16-14(20)10-17-7-8-18(15(17)21)12-5-3-4-6-13(12)22-2/h3-6,11,19H,7-10H2,1-2H3,(H,16,20). The van der Waals surface area contributed by atoms with Gasteiger partial charge >= 0.3 is 6.03 Å². The second-order valence-electron chi connectivity index (χ2n) is 5.18. The van der Waals surface area contributed by atoms with E-state index in [2.05, 4.69) is 5.32 Å². The molecule has 22 heavy (non-hydrogen) atoms. The smallest absolute Gasteiger partial charge is 0.325 e. The number of carbonyl (C=O) groups is 2. The fourth-order valence-corrected chi connectivity index (χ4v) is 2.30. The summed E-state index contributed by atoms with van der Waals surface area (Å²) in [5.74, 6) is 0.340. The Hall–Kier alpha value is -2.28. The highest BCUT2D eigenvalue weighted by Gasteiger charge is 2.32. The summed E-state index contributed by atoms with van der Waals surface area (Å²) in [6.07, 6.45) is -0.608. The Balaban J connectivity index is 1.99. The van der Waals surface area contributed by atoms with Gasteiger partial charge in [0.25, 0.3) is 0 Å². The Morgan fingerprint density at radius 3 is 2.82 bits per heavy atom. The Morgan fingerprint density at radius 2 is 2.14 bits per heavy atom. The Labute approximate surface area is 129 Å². The molecule has 1 fully saturated rings. The van der Waals surface area contributed by atoms with Gasteiger partial charge in [-0.2, -0.15) is 0 Å². The molecule has 1 aliphatic heterocycles. The molecule has 1 aromatic carbocycles. The summed E-state index contributed by atoms with van der Waals surface area (Å²) in [4.78, 5) is 27.2. The largest absolute Gasteiger partial charge is 0.495 e. The second kappa shape index (κ2) is 7.13. The lowest BCUT2D eigenvalue weighted by molar-refractivity contribution is -0.121. The number of hydrogen-bond donors (Lipinski definition) is 2. The van der Waals surface area contributed by atoms with Gasteiger partial charge in [-0.1, -0.05) is 12.1 Å². The Kier molecular flexibility index (Phi) is 5.21. The average Bonchev–Trinajstić information content (AvgIpc) is 2.86. The van der Waals surface area contributed by atoms with E-state index in [0.29, 0.717) is 24.5 Å². The van der Waals surface area contributed by atoms with Crippen LogP contribution in [0.1, 0.15) is 6.92 Å². The number of amides is 3. The van der Waals surface area contributed by atoms with Gasteiger partial charge in [-0.3, -0.25) is 9.69 Å². The third-order valence-corrected chi connectivity index (χ3v) is 3.40. The molecule has 0 spiro atoms. The molecule has 2 rings (SSSR count). The normalized spacial score (nSPS) is 15.9. The van der Waals surface area contributed by atoms with Gasteiger partial charge in [0.2, 0.25) is 5.91 Å². The Bertz CT molecular complexity index is 547. The molecule has 120 valence electrons. The highest BCUT2D eigenvalue weighted by atomic mass is 16.5. The number of aliphatic hydroxyl groups excluding tert-OH is 1. The molecule has 7 heteroatoms. The van der Waals surface area contributed by atoms with Crippen molar-refractivity contribution in [3.05, 3.63) is 24.3 Å². The van der Waals surface area contributed by atoms with E-state index in [1.807, 2.05) is 18.2 Å². The minimum Gasteiger partial charge on any atom is -0.495 e. The van der Waals surface area contributed by atoms with Gasteiger partial charge in [0.15, 0.2) is 0 Å². The van der Waals surface area contributed by atoms with Crippen LogP contribution < -0.4 is 15.0 Å². The van der Waals surface area contributed by atoms with E-state index in [-0.39, 0.29) is 25.0 Å². The predicted molar refractivity (Wildman–Crippen MR) is 82.0 cm³/mol. The number of urea groups is 1. The van der Waals surface area contributed by atoms with Crippen molar-refractivity contribution in [1.82, 2.24) is 10.2 Å². The molecule has 0 bridgehead atoms. The molecule has 0 aromatic heterocycles. The molecule has 0 radical (unpaired) electrons. The first-order chi connectivity index (χ1) is 10.5. The average molecular weight is 307 g/mol. The number of hydrogen-bond acceptors (Lipinski definition) is 4. The van der Waals surface area contributed by atoms with E-state index < -0.39 is 6.10 Å². The van der Waals surface area contributed by atoms with E-state index in [0.717, 1.165) is 0 Å². The van der Waals surface area contributed by atoms with Gasteiger partial charge in [0.05, 0.1) is 18.9 Å². The number of methoxy groups -OCH3 is 1. The summed E-state index contributed by atoms with van der Waals surface area (Å²) >= 11 is 0. The third kappa shape index (κ3) is 3.67. The SMILES string of the molecule is COc1ccccc1N1CCN(CC(=O)NCC(C)O)C1=O. The minimum atomic E-state index is -0.608. The molecule has 1 aromatic rings. The lowest BCUT2D eigenvalue weighted by atomic mass is 10.2. The van der Waals surface area contributed by atoms with Crippen molar-refractivity contribution in [3.63, 3.8) is 0 Å². The fourth-order valence-electron chi connectivity index (χ4n) is 2.30. The summed E-state index contributed by atoms with van der Waals surface area (Å²) in [5, 5.41) is 11.7. The van der Waals surface area contributed by atoms with Crippen LogP contribution in [-0.4, -0.2) is 61.3 Å². The monoisotopic (exact) mass is 307 g/mol. The predicted octanol–water partition coefficient (Wildman–Crippen LogP) is 0.434. The number of benzene rings is 1. The van der Waals surface area contributed by atoms with E-state index in [1.54, 1.807) is 25.0 Å². The van der Waals surface area contributed by atoms with Gasteiger partial charge in [0.1, 0.15) is 12.3 Å². The Morgan fingerprint density at radius 1 is 1.41 bits per heavy atom. The number of nitrogens with zero attached hydrogens (tertiary/aromatic N) is 2. The first-order valence-corrected chi connectivity index (χ1v) is 7.17. The summed E-state index contributed by atoms with van der Waals surface area (Å²) in [6, 6.07) is 7.05. The number of carbonyl (C=O) groups excluding carboxylic acids is 2. The maximum Gasteiger partial charge on any atom is 0.325 e. The third-order valence-electron chi connectivity index (χ3n) is 3.40. The molecule has 1 aliphatic rings. The molecule has 3 amide bonds. The van der Waals surface area contributed by atoms with Crippen LogP contribution in [0.15, 0.2) is 24.3 Å². The van der Waals surface area contributed by atoms with Crippen LogP contribution in [0.2, 0.25) is 0 Å². The molecule has 2 N–H and O–H groups in total. The van der Waals surface area contributed by atoms with Crippen LogP contribution in [0.4, 0.5) is 10.5 Å². The van der Waals surface area contributed by atoms with Crippen LogP contribution >= 0.6 is 0 Å². The van der Waals surface area contributed by atoms with E-state index in [9.17, 15) is 9.59 Å². The zero-order chi connectivity index (χ0) is 16.1. The number of rotatable bonds is 6. The van der Waals surface area contributed by atoms with Gasteiger partial charge in [-0.25, -0.2) is 4.79 Å². The van der Waals surface area contributed by atoms with Gasteiger partial charge in [-0.05, 0) is 19.1 Å². The molecule has 1 heterocycles. The molecular weight excluding hydrogens is 286 g/mol. The number of anilines is 1. The summed E-state index contributed by atoms with van der Waals surface area (Å²) in [5.41, 5.74) is 0.696. The molecule has 1 unspecified atom stereocenters. The molecule has 1 saturated heterocycles. The summed E-state index contributed by atoms with van der Waals surface area (Å²) < 4.78 is 5.27. The maximum absolute atomic E-state index is 12.4. The minimum absolute atomic E-state index is 0.0167. The zero-order valence-electron chi connectivity index (χ0n) is 12.8. The lowest BCUT2D eigenvalue weighted by Crippen LogP contribution is -2.41. The second-order valence-corrected chi connectivity index (χ2v) is 5.18. The highest BCUT2D eigenvalue weighted by molar-refractivity contribution is 5.97. The van der Waals surface area contributed by atoms with Crippen LogP contribution in [0, 0.1) is 0 Å². The molecular formula is C15H21N3O4. The van der Waals surface area contributed by atoms with Crippen LogP contribution in [0.25, 0.3) is 0 Å². The van der Waals surface area contributed by atoms with Gasteiger partial charge in [-0.15, -0.1) is 0 Å². The number of aliphatic hydroxyl groups is 1. The molecule has 0 aliphatic carbocycles. The van der Waals surface area contributed by atoms with Crippen molar-refractivity contribution < 1.29 is 19.4 Å². The first-order valence-electron chi connectivity index (χ1n) is 7.17. The van der Waals surface area contributed by atoms with E-state index in [4.69, 9.17) is 9.84 Å². The molecule has 7 nitrogen and oxygen atoms in total. The summed E-state index contributed by atoms with van der Waals surface area (Å²) in [6.45, 7) is 2.72. The lowest BCUT2D eigenvalue weighted by Gasteiger charge is -2.20. The highest BCUT2D eigenvalue weighted by Crippen LogP contribution is 2.30. The van der Waals surface area contributed by atoms with Gasteiger partial charge < -0.3 is 20.1 Å². The number of para-hydroxylation sites is 2. The van der Waals surface area contributed by atoms with Crippen molar-refractivity contribution in [2.75, 3.05) is 38.2 Å². The van der Waals surface area contributed by atoms with Gasteiger partial charge in [0, 0.05) is 19.6 Å². The first kappa shape index (κ1) is 16.1. The van der Waals surface area contributed by atoms with E-state index >= 15 is 0 Å². The van der Waals surface area contributed by atoms with Crippen molar-refractivity contribution in [2.24, 2.45) is 0 Å². The zero-order valence-corrected chi connectivity index (χ0v) is 12.8. The topological polar surface area (TPSA) is 82.1 Å². The van der Waals surface area contributed by atoms with Crippen molar-refractivity contribution >= 4 is 17.6 Å². The van der Waals surface area contributed by atoms with Crippen LogP contribution in [0.3, 0.4) is 0 Å². The quantitative estimate of drug-likeness (QED) is 0.799. The van der Waals surface area contributed by atoms with Crippen LogP contribution in [0.5, 0.6) is 5.75 Å². The summed E-state index contributed by atoms with van der Waals surface area (Å²) in [7, 11) is 1.56. The van der Waals surface area contributed by atoms with Crippen molar-refractivity contribution in [1.29, 1.82) is 0 Å². The molecule has 0 saturated carbocycles. The van der Waals surface area contributed by atoms with Crippen molar-refractivity contribution in [3.8, 4) is 5.75 Å². The maximum atomic E-state index is 12.4. The van der Waals surface area contributed by atoms with Crippen LogP contribution in [-0.2, 0) is 4.79 Å². The fraction of sp³-hybridized carbons (Fsp3) is 0.467. The van der Waals surface area contributed by atoms with Crippen molar-refractivity contribution in [2.45, 2.75) is 13.0 Å².